The molecule has 2 rings (SSSR count). The summed E-state index contributed by atoms with van der Waals surface area (Å²) in [5.74, 6) is -1.67. The monoisotopic (exact) mass is 315 g/mol. The van der Waals surface area contributed by atoms with Crippen molar-refractivity contribution in [2.75, 3.05) is 6.54 Å². The summed E-state index contributed by atoms with van der Waals surface area (Å²) < 4.78 is 26.5. The van der Waals surface area contributed by atoms with Crippen molar-refractivity contribution in [1.82, 2.24) is 5.32 Å². The molecule has 1 nitrogen and oxygen atoms in total. The van der Waals surface area contributed by atoms with E-state index in [1.807, 2.05) is 12.3 Å². The first-order valence-electron chi connectivity index (χ1n) is 6.46. The first kappa shape index (κ1) is 15.4. The summed E-state index contributed by atoms with van der Waals surface area (Å²) in [5.41, 5.74) is 1.68. The number of nitrogens with one attached hydrogen (secondary N) is 1. The van der Waals surface area contributed by atoms with Crippen molar-refractivity contribution in [3.05, 3.63) is 56.2 Å². The molecule has 0 saturated carbocycles. The molecule has 20 heavy (non-hydrogen) atoms. The molecule has 108 valence electrons. The molecular formula is C15H16ClF2NS. The summed E-state index contributed by atoms with van der Waals surface area (Å²) in [5, 5.41) is 6.00. The van der Waals surface area contributed by atoms with E-state index in [0.717, 1.165) is 29.5 Å². The van der Waals surface area contributed by atoms with Gasteiger partial charge in [-0.3, -0.25) is 0 Å². The Bertz CT molecular complexity index is 598. The summed E-state index contributed by atoms with van der Waals surface area (Å²) in [4.78, 5) is 0.934. The molecule has 1 heterocycles. The Kier molecular flexibility index (Phi) is 5.13. The minimum Gasteiger partial charge on any atom is -0.306 e. The van der Waals surface area contributed by atoms with Gasteiger partial charge >= 0.3 is 0 Å². The molecule has 0 amide bonds. The van der Waals surface area contributed by atoms with Gasteiger partial charge in [0.05, 0.1) is 11.1 Å². The van der Waals surface area contributed by atoms with Crippen LogP contribution < -0.4 is 5.32 Å². The maximum absolute atomic E-state index is 13.5. The highest BCUT2D eigenvalue weighted by atomic mass is 35.5. The first-order valence-corrected chi connectivity index (χ1v) is 7.72. The molecule has 1 aromatic heterocycles. The van der Waals surface area contributed by atoms with Crippen molar-refractivity contribution < 1.29 is 8.78 Å². The molecule has 0 saturated heterocycles. The lowest BCUT2D eigenvalue weighted by Gasteiger charge is -2.18. The molecule has 0 bridgehead atoms. The number of hydrogen-bond acceptors (Lipinski definition) is 2. The molecule has 0 spiro atoms. The van der Waals surface area contributed by atoms with Crippen molar-refractivity contribution in [1.29, 1.82) is 0 Å². The Morgan fingerprint density at radius 1 is 1.30 bits per heavy atom. The van der Waals surface area contributed by atoms with E-state index in [1.54, 1.807) is 6.07 Å². The molecule has 0 fully saturated rings. The van der Waals surface area contributed by atoms with Crippen molar-refractivity contribution >= 4 is 22.9 Å². The van der Waals surface area contributed by atoms with Crippen LogP contribution in [0.3, 0.4) is 0 Å². The zero-order chi connectivity index (χ0) is 14.7. The molecule has 5 heteroatoms. The zero-order valence-electron chi connectivity index (χ0n) is 11.3. The maximum Gasteiger partial charge on any atom is 0.159 e. The second kappa shape index (κ2) is 6.66. The Balaban J connectivity index is 2.41. The third kappa shape index (κ3) is 3.19. The number of benzene rings is 1. The van der Waals surface area contributed by atoms with Gasteiger partial charge in [-0.2, -0.15) is 0 Å². The average molecular weight is 316 g/mol. The predicted octanol–water partition coefficient (Wildman–Crippen LogP) is 5.08. The number of aryl methyl sites for hydroxylation is 1. The molecule has 0 aliphatic rings. The van der Waals surface area contributed by atoms with E-state index in [-0.39, 0.29) is 6.04 Å². The molecule has 1 N–H and O–H groups in total. The molecule has 1 aromatic carbocycles. The van der Waals surface area contributed by atoms with Crippen LogP contribution in [0, 0.1) is 18.6 Å². The van der Waals surface area contributed by atoms with Gasteiger partial charge in [0.25, 0.3) is 0 Å². The van der Waals surface area contributed by atoms with Crippen LogP contribution in [0.4, 0.5) is 8.78 Å². The van der Waals surface area contributed by atoms with E-state index in [2.05, 4.69) is 12.2 Å². The number of halogens is 3. The largest absolute Gasteiger partial charge is 0.306 e. The molecule has 0 radical (unpaired) electrons. The van der Waals surface area contributed by atoms with Gasteiger partial charge in [-0.1, -0.05) is 24.6 Å². The van der Waals surface area contributed by atoms with E-state index < -0.39 is 11.6 Å². The van der Waals surface area contributed by atoms with Crippen LogP contribution in [0.15, 0.2) is 23.6 Å². The summed E-state index contributed by atoms with van der Waals surface area (Å²) in [6.07, 6.45) is 0.947. The van der Waals surface area contributed by atoms with Crippen LogP contribution in [0.5, 0.6) is 0 Å². The van der Waals surface area contributed by atoms with E-state index in [4.69, 9.17) is 11.6 Å². The van der Waals surface area contributed by atoms with Crippen LogP contribution in [-0.4, -0.2) is 6.54 Å². The topological polar surface area (TPSA) is 12.0 Å². The third-order valence-electron chi connectivity index (χ3n) is 3.06. The van der Waals surface area contributed by atoms with Gasteiger partial charge in [-0.25, -0.2) is 8.78 Å². The maximum atomic E-state index is 13.5. The summed E-state index contributed by atoms with van der Waals surface area (Å²) in [6, 6.07) is 3.77. The second-order valence-corrected chi connectivity index (χ2v) is 5.95. The number of thiophene rings is 1. The van der Waals surface area contributed by atoms with Gasteiger partial charge in [0.2, 0.25) is 0 Å². The fraction of sp³-hybridized carbons (Fsp3) is 0.333. The fourth-order valence-corrected chi connectivity index (χ4v) is 3.39. The van der Waals surface area contributed by atoms with Gasteiger partial charge in [0.15, 0.2) is 11.6 Å². The lowest BCUT2D eigenvalue weighted by Crippen LogP contribution is -2.23. The summed E-state index contributed by atoms with van der Waals surface area (Å²) >= 11 is 7.83. The van der Waals surface area contributed by atoms with Crippen molar-refractivity contribution in [2.45, 2.75) is 26.3 Å². The Hall–Kier alpha value is -0.970. The minimum absolute atomic E-state index is 0.212. The molecule has 2 aromatic rings. The highest BCUT2D eigenvalue weighted by molar-refractivity contribution is 7.10. The molecule has 0 aliphatic heterocycles. The van der Waals surface area contributed by atoms with Crippen LogP contribution in [0.25, 0.3) is 0 Å². The quantitative estimate of drug-likeness (QED) is 0.811. The van der Waals surface area contributed by atoms with E-state index >= 15 is 0 Å². The Morgan fingerprint density at radius 3 is 2.60 bits per heavy atom. The Labute approximate surface area is 126 Å². The van der Waals surface area contributed by atoms with Crippen molar-refractivity contribution in [2.24, 2.45) is 0 Å². The number of rotatable bonds is 5. The van der Waals surface area contributed by atoms with Crippen LogP contribution in [-0.2, 0) is 0 Å². The minimum atomic E-state index is -0.838. The normalized spacial score (nSPS) is 12.7. The zero-order valence-corrected chi connectivity index (χ0v) is 12.9. The molecule has 1 unspecified atom stereocenters. The van der Waals surface area contributed by atoms with E-state index in [0.29, 0.717) is 10.6 Å². The SMILES string of the molecule is CCCNC(c1ccc(F)c(F)c1)c1scc(C)c1Cl. The van der Waals surface area contributed by atoms with Gasteiger partial charge in [-0.15, -0.1) is 11.3 Å². The van der Waals surface area contributed by atoms with Crippen LogP contribution in [0.2, 0.25) is 5.02 Å². The third-order valence-corrected chi connectivity index (χ3v) is 4.84. The average Bonchev–Trinajstić information content (AvgIpc) is 2.75. The lowest BCUT2D eigenvalue weighted by atomic mass is 10.0. The summed E-state index contributed by atoms with van der Waals surface area (Å²) in [6.45, 7) is 4.76. The van der Waals surface area contributed by atoms with Gasteiger partial charge in [0, 0.05) is 4.88 Å². The summed E-state index contributed by atoms with van der Waals surface area (Å²) in [7, 11) is 0. The highest BCUT2D eigenvalue weighted by Crippen LogP contribution is 2.36. The first-order chi connectivity index (χ1) is 9.54. The smallest absolute Gasteiger partial charge is 0.159 e. The van der Waals surface area contributed by atoms with Gasteiger partial charge < -0.3 is 5.32 Å². The predicted molar refractivity (Wildman–Crippen MR) is 80.6 cm³/mol. The van der Waals surface area contributed by atoms with Gasteiger partial charge in [0.1, 0.15) is 0 Å². The molecule has 1 atom stereocenters. The fourth-order valence-electron chi connectivity index (χ4n) is 1.99. The van der Waals surface area contributed by atoms with E-state index in [9.17, 15) is 8.78 Å². The number of hydrogen-bond donors (Lipinski definition) is 1. The van der Waals surface area contributed by atoms with E-state index in [1.165, 1.54) is 17.4 Å². The molecular weight excluding hydrogens is 300 g/mol. The van der Waals surface area contributed by atoms with Crippen LogP contribution in [0.1, 0.15) is 35.4 Å². The van der Waals surface area contributed by atoms with Crippen LogP contribution >= 0.6 is 22.9 Å². The second-order valence-electron chi connectivity index (χ2n) is 4.66. The Morgan fingerprint density at radius 2 is 2.05 bits per heavy atom. The highest BCUT2D eigenvalue weighted by Gasteiger charge is 2.20. The molecule has 0 aliphatic carbocycles. The lowest BCUT2D eigenvalue weighted by molar-refractivity contribution is 0.503. The standard InChI is InChI=1S/C15H16ClF2NS/c1-3-6-19-14(15-13(16)9(2)8-20-15)10-4-5-11(17)12(18)7-10/h4-5,7-8,14,19H,3,6H2,1-2H3. The van der Waals surface area contributed by atoms with Crippen molar-refractivity contribution in [3.63, 3.8) is 0 Å². The van der Waals surface area contributed by atoms with Crippen molar-refractivity contribution in [3.8, 4) is 0 Å². The van der Waals surface area contributed by atoms with Gasteiger partial charge in [-0.05, 0) is 48.5 Å².